The highest BCUT2D eigenvalue weighted by molar-refractivity contribution is 5.94. The number of carbonyl (C=O) groups excluding carboxylic acids is 1. The second-order valence-corrected chi connectivity index (χ2v) is 5.24. The molecule has 0 saturated carbocycles. The average molecular weight is 320 g/mol. The number of amides is 1. The number of benzene rings is 1. The molecule has 1 saturated heterocycles. The molecule has 1 aliphatic rings. The topological polar surface area (TPSA) is 50.4 Å². The van der Waals surface area contributed by atoms with Crippen LogP contribution in [-0.4, -0.2) is 31.8 Å². The fraction of sp³-hybridized carbons (Fsp3) is 0.500. The second kappa shape index (κ2) is 6.51. The zero-order valence-electron chi connectivity index (χ0n) is 11.8. The van der Waals surface area contributed by atoms with E-state index >= 15 is 0 Å². The van der Waals surface area contributed by atoms with E-state index in [2.05, 4.69) is 15.4 Å². The molecule has 0 radical (unpaired) electrons. The van der Waals surface area contributed by atoms with Crippen molar-refractivity contribution in [1.82, 2.24) is 5.32 Å². The van der Waals surface area contributed by atoms with Crippen LogP contribution in [0, 0.1) is 17.7 Å². The van der Waals surface area contributed by atoms with Crippen LogP contribution in [0.5, 0.6) is 5.75 Å². The van der Waals surface area contributed by atoms with Crippen molar-refractivity contribution in [2.75, 3.05) is 25.0 Å². The molecule has 2 N–H and O–H groups in total. The van der Waals surface area contributed by atoms with E-state index < -0.39 is 18.6 Å². The lowest BCUT2D eigenvalue weighted by molar-refractivity contribution is -0.153. The molecule has 0 spiro atoms. The van der Waals surface area contributed by atoms with Gasteiger partial charge in [0.05, 0.1) is 5.69 Å². The molecule has 22 heavy (non-hydrogen) atoms. The van der Waals surface area contributed by atoms with E-state index in [-0.39, 0.29) is 29.2 Å². The van der Waals surface area contributed by atoms with E-state index in [0.29, 0.717) is 0 Å². The van der Waals surface area contributed by atoms with Gasteiger partial charge in [0, 0.05) is 12.0 Å². The Hall–Kier alpha value is -1.83. The standard InChI is InChI=1S/C14H16F4N2O2/c1-8(9-5-19-6-9)13(21)20-11-3-2-10(15)4-12(11)22-7-14(16,17)18/h2-4,8-9,19H,5-7H2,1H3,(H,20,21). The summed E-state index contributed by atoms with van der Waals surface area (Å²) in [6.07, 6.45) is -4.54. The lowest BCUT2D eigenvalue weighted by atomic mass is 9.88. The normalized spacial score (nSPS) is 16.8. The molecule has 0 aromatic heterocycles. The second-order valence-electron chi connectivity index (χ2n) is 5.24. The molecular formula is C14H16F4N2O2. The van der Waals surface area contributed by atoms with Crippen LogP contribution in [0.1, 0.15) is 6.92 Å². The van der Waals surface area contributed by atoms with Gasteiger partial charge in [0.1, 0.15) is 11.6 Å². The zero-order chi connectivity index (χ0) is 16.3. The minimum Gasteiger partial charge on any atom is -0.482 e. The summed E-state index contributed by atoms with van der Waals surface area (Å²) in [7, 11) is 0. The molecule has 122 valence electrons. The van der Waals surface area contributed by atoms with Crippen LogP contribution in [0.25, 0.3) is 0 Å². The third-order valence-electron chi connectivity index (χ3n) is 3.53. The Bertz CT molecular complexity index is 544. The van der Waals surface area contributed by atoms with Crippen LogP contribution in [0.4, 0.5) is 23.2 Å². The number of rotatable bonds is 5. The summed E-state index contributed by atoms with van der Waals surface area (Å²) in [5.41, 5.74) is 0.0229. The first-order valence-electron chi connectivity index (χ1n) is 6.77. The predicted octanol–water partition coefficient (Wildman–Crippen LogP) is 2.56. The molecule has 8 heteroatoms. The highest BCUT2D eigenvalue weighted by Gasteiger charge is 2.31. The van der Waals surface area contributed by atoms with Gasteiger partial charge >= 0.3 is 6.18 Å². The van der Waals surface area contributed by atoms with Gasteiger partial charge in [-0.3, -0.25) is 4.79 Å². The Labute approximate surface area is 124 Å². The molecule has 1 heterocycles. The van der Waals surface area contributed by atoms with Crippen LogP contribution in [0.3, 0.4) is 0 Å². The molecule has 4 nitrogen and oxygen atoms in total. The molecule has 1 atom stereocenters. The van der Waals surface area contributed by atoms with Gasteiger partial charge in [0.25, 0.3) is 0 Å². The van der Waals surface area contributed by atoms with E-state index in [1.165, 1.54) is 6.07 Å². The van der Waals surface area contributed by atoms with Gasteiger partial charge < -0.3 is 15.4 Å². The van der Waals surface area contributed by atoms with Crippen molar-refractivity contribution in [3.8, 4) is 5.75 Å². The SMILES string of the molecule is CC(C(=O)Nc1ccc(F)cc1OCC(F)(F)F)C1CNC1. The Morgan fingerprint density at radius 1 is 1.45 bits per heavy atom. The smallest absolute Gasteiger partial charge is 0.422 e. The largest absolute Gasteiger partial charge is 0.482 e. The minimum atomic E-state index is -4.54. The summed E-state index contributed by atoms with van der Waals surface area (Å²) in [5, 5.41) is 5.53. The van der Waals surface area contributed by atoms with Crippen LogP contribution in [0.2, 0.25) is 0 Å². The monoisotopic (exact) mass is 320 g/mol. The third-order valence-corrected chi connectivity index (χ3v) is 3.53. The van der Waals surface area contributed by atoms with Crippen LogP contribution < -0.4 is 15.4 Å². The fourth-order valence-corrected chi connectivity index (χ4v) is 2.00. The fourth-order valence-electron chi connectivity index (χ4n) is 2.00. The maximum absolute atomic E-state index is 13.2. The Kier molecular flexibility index (Phi) is 4.90. The summed E-state index contributed by atoms with van der Waals surface area (Å²) in [5.74, 6) is -1.55. The lowest BCUT2D eigenvalue weighted by Crippen LogP contribution is -2.48. The first kappa shape index (κ1) is 16.5. The van der Waals surface area contributed by atoms with Crippen molar-refractivity contribution in [1.29, 1.82) is 0 Å². The van der Waals surface area contributed by atoms with E-state index in [4.69, 9.17) is 0 Å². The maximum atomic E-state index is 13.2. The van der Waals surface area contributed by atoms with Gasteiger partial charge in [-0.05, 0) is 31.1 Å². The van der Waals surface area contributed by atoms with Gasteiger partial charge in [-0.25, -0.2) is 4.39 Å². The predicted molar refractivity (Wildman–Crippen MR) is 72.1 cm³/mol. The highest BCUT2D eigenvalue weighted by atomic mass is 19.4. The van der Waals surface area contributed by atoms with Gasteiger partial charge in [-0.2, -0.15) is 13.2 Å². The molecule has 1 unspecified atom stereocenters. The summed E-state index contributed by atoms with van der Waals surface area (Å²) in [6.45, 7) is 1.62. The summed E-state index contributed by atoms with van der Waals surface area (Å²) < 4.78 is 54.4. The third kappa shape index (κ3) is 4.33. The van der Waals surface area contributed by atoms with Gasteiger partial charge in [0.2, 0.25) is 5.91 Å². The van der Waals surface area contributed by atoms with Gasteiger partial charge in [-0.1, -0.05) is 6.92 Å². The molecule has 2 rings (SSSR count). The maximum Gasteiger partial charge on any atom is 0.422 e. The van der Waals surface area contributed by atoms with Crippen molar-refractivity contribution in [3.63, 3.8) is 0 Å². The number of hydrogen-bond acceptors (Lipinski definition) is 3. The van der Waals surface area contributed by atoms with Crippen molar-refractivity contribution in [2.24, 2.45) is 11.8 Å². The number of ether oxygens (including phenoxy) is 1. The summed E-state index contributed by atoms with van der Waals surface area (Å²) >= 11 is 0. The van der Waals surface area contributed by atoms with Crippen molar-refractivity contribution in [3.05, 3.63) is 24.0 Å². The number of hydrogen-bond donors (Lipinski definition) is 2. The number of anilines is 1. The van der Waals surface area contributed by atoms with Crippen molar-refractivity contribution in [2.45, 2.75) is 13.1 Å². The van der Waals surface area contributed by atoms with Crippen LogP contribution in [0.15, 0.2) is 18.2 Å². The molecule has 1 fully saturated rings. The number of carbonyl (C=O) groups is 1. The van der Waals surface area contributed by atoms with Gasteiger partial charge in [0.15, 0.2) is 6.61 Å². The van der Waals surface area contributed by atoms with E-state index in [0.717, 1.165) is 25.2 Å². The summed E-state index contributed by atoms with van der Waals surface area (Å²) in [4.78, 5) is 12.1. The average Bonchev–Trinajstić information content (AvgIpc) is 2.36. The highest BCUT2D eigenvalue weighted by Crippen LogP contribution is 2.29. The zero-order valence-corrected chi connectivity index (χ0v) is 11.8. The molecule has 0 bridgehead atoms. The van der Waals surface area contributed by atoms with E-state index in [1.54, 1.807) is 6.92 Å². The van der Waals surface area contributed by atoms with Crippen molar-refractivity contribution >= 4 is 11.6 Å². The minimum absolute atomic E-state index is 0.0229. The van der Waals surface area contributed by atoms with E-state index in [9.17, 15) is 22.4 Å². The lowest BCUT2D eigenvalue weighted by Gasteiger charge is -2.31. The molecular weight excluding hydrogens is 304 g/mol. The Morgan fingerprint density at radius 2 is 2.14 bits per heavy atom. The summed E-state index contributed by atoms with van der Waals surface area (Å²) in [6, 6.07) is 3.05. The first-order chi connectivity index (χ1) is 10.3. The van der Waals surface area contributed by atoms with Crippen LogP contribution >= 0.6 is 0 Å². The molecule has 0 aliphatic carbocycles. The first-order valence-corrected chi connectivity index (χ1v) is 6.77. The van der Waals surface area contributed by atoms with Gasteiger partial charge in [-0.15, -0.1) is 0 Å². The van der Waals surface area contributed by atoms with Crippen molar-refractivity contribution < 1.29 is 27.1 Å². The molecule has 1 aliphatic heterocycles. The van der Waals surface area contributed by atoms with E-state index in [1.807, 2.05) is 0 Å². The number of alkyl halides is 3. The quantitative estimate of drug-likeness (QED) is 0.820. The molecule has 1 aromatic carbocycles. The Balaban J connectivity index is 2.07. The Morgan fingerprint density at radius 3 is 2.68 bits per heavy atom. The number of halogens is 4. The molecule has 1 aromatic rings. The number of nitrogens with one attached hydrogen (secondary N) is 2. The molecule has 1 amide bonds. The van der Waals surface area contributed by atoms with Crippen LogP contribution in [-0.2, 0) is 4.79 Å².